The number of halogens is 1. The molecule has 2 unspecified atom stereocenters. The smallest absolute Gasteiger partial charge is 0.123 e. The first-order valence-corrected chi connectivity index (χ1v) is 5.48. The van der Waals surface area contributed by atoms with Gasteiger partial charge in [-0.25, -0.2) is 4.39 Å². The second kappa shape index (κ2) is 4.93. The summed E-state index contributed by atoms with van der Waals surface area (Å²) in [5.74, 6) is -0.263. The molecule has 0 aliphatic rings. The Balaban J connectivity index is 2.94. The Hall–Kier alpha value is -0.930. The zero-order chi connectivity index (χ0) is 12.3. The molecule has 0 saturated heterocycles. The summed E-state index contributed by atoms with van der Waals surface area (Å²) < 4.78 is 19.0. The second-order valence-electron chi connectivity index (χ2n) is 5.06. The molecule has 90 valence electrons. The molecule has 0 fully saturated rings. The lowest BCUT2D eigenvalue weighted by Crippen LogP contribution is -2.33. The Kier molecular flexibility index (Phi) is 4.05. The highest BCUT2D eigenvalue weighted by Gasteiger charge is 2.23. The Morgan fingerprint density at radius 3 is 2.38 bits per heavy atom. The van der Waals surface area contributed by atoms with Crippen LogP contribution < -0.4 is 5.73 Å². The first kappa shape index (κ1) is 13.1. The van der Waals surface area contributed by atoms with Crippen LogP contribution in [0.4, 0.5) is 4.39 Å². The molecule has 16 heavy (non-hydrogen) atoms. The monoisotopic (exact) mass is 225 g/mol. The second-order valence-corrected chi connectivity index (χ2v) is 5.06. The fourth-order valence-electron chi connectivity index (χ4n) is 1.54. The van der Waals surface area contributed by atoms with E-state index in [4.69, 9.17) is 10.5 Å². The lowest BCUT2D eigenvalue weighted by Gasteiger charge is -2.30. The van der Waals surface area contributed by atoms with E-state index in [0.717, 1.165) is 5.56 Å². The van der Waals surface area contributed by atoms with Crippen molar-refractivity contribution < 1.29 is 9.13 Å². The summed E-state index contributed by atoms with van der Waals surface area (Å²) in [6.45, 7) is 7.74. The van der Waals surface area contributed by atoms with Crippen LogP contribution >= 0.6 is 0 Å². The standard InChI is InChI=1S/C13H20FNO/c1-9(15)12(16-13(2,3)4)10-6-5-7-11(14)8-10/h5-9,12H,15H2,1-4H3. The molecule has 0 radical (unpaired) electrons. The van der Waals surface area contributed by atoms with Gasteiger partial charge in [0.1, 0.15) is 5.82 Å². The number of hydrogen-bond acceptors (Lipinski definition) is 2. The van der Waals surface area contributed by atoms with Gasteiger partial charge < -0.3 is 10.5 Å². The zero-order valence-electron chi connectivity index (χ0n) is 10.3. The topological polar surface area (TPSA) is 35.2 Å². The van der Waals surface area contributed by atoms with E-state index in [1.54, 1.807) is 6.07 Å². The van der Waals surface area contributed by atoms with Crippen LogP contribution in [-0.2, 0) is 4.74 Å². The minimum atomic E-state index is -0.301. The lowest BCUT2D eigenvalue weighted by atomic mass is 10.0. The third-order valence-electron chi connectivity index (χ3n) is 2.14. The highest BCUT2D eigenvalue weighted by Crippen LogP contribution is 2.26. The van der Waals surface area contributed by atoms with Crippen molar-refractivity contribution in [1.82, 2.24) is 0 Å². The number of nitrogens with two attached hydrogens (primary N) is 1. The highest BCUT2D eigenvalue weighted by molar-refractivity contribution is 5.20. The van der Waals surface area contributed by atoms with Gasteiger partial charge in [0.05, 0.1) is 11.7 Å². The Morgan fingerprint density at radius 2 is 1.94 bits per heavy atom. The Morgan fingerprint density at radius 1 is 1.31 bits per heavy atom. The first-order chi connectivity index (χ1) is 7.29. The number of ether oxygens (including phenoxy) is 1. The van der Waals surface area contributed by atoms with Crippen LogP contribution in [-0.4, -0.2) is 11.6 Å². The molecule has 2 N–H and O–H groups in total. The van der Waals surface area contributed by atoms with E-state index in [1.165, 1.54) is 12.1 Å². The van der Waals surface area contributed by atoms with E-state index in [1.807, 2.05) is 33.8 Å². The van der Waals surface area contributed by atoms with Crippen LogP contribution in [0.3, 0.4) is 0 Å². The molecule has 1 aromatic rings. The van der Waals surface area contributed by atoms with Crippen molar-refractivity contribution in [3.8, 4) is 0 Å². The van der Waals surface area contributed by atoms with Crippen LogP contribution in [0, 0.1) is 5.82 Å². The van der Waals surface area contributed by atoms with Gasteiger partial charge in [0, 0.05) is 6.04 Å². The van der Waals surface area contributed by atoms with Gasteiger partial charge in [-0.1, -0.05) is 12.1 Å². The van der Waals surface area contributed by atoms with Gasteiger partial charge in [0.2, 0.25) is 0 Å². The van der Waals surface area contributed by atoms with Gasteiger partial charge in [-0.05, 0) is 45.4 Å². The van der Waals surface area contributed by atoms with Crippen molar-refractivity contribution in [2.75, 3.05) is 0 Å². The largest absolute Gasteiger partial charge is 0.366 e. The molecule has 1 aromatic carbocycles. The summed E-state index contributed by atoms with van der Waals surface area (Å²) in [5.41, 5.74) is 6.36. The summed E-state index contributed by atoms with van der Waals surface area (Å²) in [7, 11) is 0. The maximum atomic E-state index is 13.1. The summed E-state index contributed by atoms with van der Waals surface area (Å²) in [6.07, 6.45) is -0.282. The van der Waals surface area contributed by atoms with E-state index in [2.05, 4.69) is 0 Å². The third kappa shape index (κ3) is 3.91. The molecule has 0 spiro atoms. The van der Waals surface area contributed by atoms with Crippen molar-refractivity contribution in [3.05, 3.63) is 35.6 Å². The van der Waals surface area contributed by atoms with Gasteiger partial charge in [0.15, 0.2) is 0 Å². The molecule has 0 aliphatic heterocycles. The van der Waals surface area contributed by atoms with E-state index in [9.17, 15) is 4.39 Å². The van der Waals surface area contributed by atoms with E-state index >= 15 is 0 Å². The first-order valence-electron chi connectivity index (χ1n) is 5.48. The van der Waals surface area contributed by atoms with Crippen molar-refractivity contribution in [3.63, 3.8) is 0 Å². The summed E-state index contributed by atoms with van der Waals surface area (Å²) in [6, 6.07) is 6.22. The molecular weight excluding hydrogens is 205 g/mol. The molecule has 0 heterocycles. The number of hydrogen-bond donors (Lipinski definition) is 1. The maximum absolute atomic E-state index is 13.1. The minimum absolute atomic E-state index is 0.180. The predicted octanol–water partition coefficient (Wildman–Crippen LogP) is 3.03. The average molecular weight is 225 g/mol. The van der Waals surface area contributed by atoms with Gasteiger partial charge in [-0.15, -0.1) is 0 Å². The molecule has 3 heteroatoms. The molecule has 0 aliphatic carbocycles. The van der Waals surface area contributed by atoms with Crippen molar-refractivity contribution in [1.29, 1.82) is 0 Å². The molecule has 0 aromatic heterocycles. The fourth-order valence-corrected chi connectivity index (χ4v) is 1.54. The molecule has 2 nitrogen and oxygen atoms in total. The summed E-state index contributed by atoms with van der Waals surface area (Å²) in [5, 5.41) is 0. The number of benzene rings is 1. The van der Waals surface area contributed by atoms with Gasteiger partial charge >= 0.3 is 0 Å². The van der Waals surface area contributed by atoms with Gasteiger partial charge in [-0.2, -0.15) is 0 Å². The van der Waals surface area contributed by atoms with Crippen LogP contribution in [0.25, 0.3) is 0 Å². The van der Waals surface area contributed by atoms with Crippen molar-refractivity contribution in [2.45, 2.75) is 45.4 Å². The molecule has 0 saturated carbocycles. The summed E-state index contributed by atoms with van der Waals surface area (Å²) in [4.78, 5) is 0. The van der Waals surface area contributed by atoms with E-state index in [-0.39, 0.29) is 23.6 Å². The Bertz CT molecular complexity index is 344. The highest BCUT2D eigenvalue weighted by atomic mass is 19.1. The quantitative estimate of drug-likeness (QED) is 0.858. The maximum Gasteiger partial charge on any atom is 0.123 e. The minimum Gasteiger partial charge on any atom is -0.366 e. The third-order valence-corrected chi connectivity index (χ3v) is 2.14. The fraction of sp³-hybridized carbons (Fsp3) is 0.538. The van der Waals surface area contributed by atoms with Gasteiger partial charge in [-0.3, -0.25) is 0 Å². The van der Waals surface area contributed by atoms with Crippen LogP contribution in [0.5, 0.6) is 0 Å². The SMILES string of the molecule is CC(N)C(OC(C)(C)C)c1cccc(F)c1. The van der Waals surface area contributed by atoms with Crippen molar-refractivity contribution >= 4 is 0 Å². The predicted molar refractivity (Wildman–Crippen MR) is 63.6 cm³/mol. The van der Waals surface area contributed by atoms with E-state index < -0.39 is 0 Å². The Labute approximate surface area is 96.6 Å². The van der Waals surface area contributed by atoms with Crippen LogP contribution in [0.1, 0.15) is 39.4 Å². The zero-order valence-corrected chi connectivity index (χ0v) is 10.3. The molecule has 2 atom stereocenters. The number of rotatable bonds is 3. The van der Waals surface area contributed by atoms with Crippen LogP contribution in [0.2, 0.25) is 0 Å². The molecule has 0 amide bonds. The van der Waals surface area contributed by atoms with Gasteiger partial charge in [0.25, 0.3) is 0 Å². The van der Waals surface area contributed by atoms with Crippen LogP contribution in [0.15, 0.2) is 24.3 Å². The molecule has 1 rings (SSSR count). The van der Waals surface area contributed by atoms with Crippen molar-refractivity contribution in [2.24, 2.45) is 5.73 Å². The normalized spacial score (nSPS) is 15.9. The molecule has 0 bridgehead atoms. The van der Waals surface area contributed by atoms with E-state index in [0.29, 0.717) is 0 Å². The lowest BCUT2D eigenvalue weighted by molar-refractivity contribution is -0.0702. The summed E-state index contributed by atoms with van der Waals surface area (Å²) >= 11 is 0. The molecular formula is C13H20FNO. The average Bonchev–Trinajstić information content (AvgIpc) is 2.12.